The highest BCUT2D eigenvalue weighted by Crippen LogP contribution is 2.18. The third-order valence-corrected chi connectivity index (χ3v) is 5.06. The summed E-state index contributed by atoms with van der Waals surface area (Å²) in [5.74, 6) is -0.526. The van der Waals surface area contributed by atoms with Crippen LogP contribution >= 0.6 is 0 Å². The fourth-order valence-electron chi connectivity index (χ4n) is 2.25. The number of benzene rings is 2. The van der Waals surface area contributed by atoms with Crippen LogP contribution in [0, 0.1) is 6.92 Å². The van der Waals surface area contributed by atoms with Crippen LogP contribution in [-0.4, -0.2) is 13.0 Å². The van der Waals surface area contributed by atoms with Gasteiger partial charge in [-0.05, 0) is 24.6 Å². The van der Waals surface area contributed by atoms with Crippen molar-refractivity contribution in [2.75, 3.05) is 0 Å². The molecule has 0 unspecified atom stereocenters. The van der Waals surface area contributed by atoms with Crippen molar-refractivity contribution in [2.24, 2.45) is 7.05 Å². The van der Waals surface area contributed by atoms with Crippen LogP contribution in [0.15, 0.2) is 56.6 Å². The molecule has 0 fully saturated rings. The molecule has 0 saturated heterocycles. The Kier molecular flexibility index (Phi) is 3.83. The van der Waals surface area contributed by atoms with Crippen LogP contribution in [0.4, 0.5) is 0 Å². The lowest BCUT2D eigenvalue weighted by atomic mass is 10.2. The predicted molar refractivity (Wildman–Crippen MR) is 86.7 cm³/mol. The fraction of sp³-hybridized carbons (Fsp3) is 0.188. The van der Waals surface area contributed by atoms with Crippen LogP contribution < -0.4 is 10.5 Å². The molecule has 0 saturated carbocycles. The van der Waals surface area contributed by atoms with Gasteiger partial charge in [-0.2, -0.15) is 0 Å². The minimum atomic E-state index is -3.68. The van der Waals surface area contributed by atoms with Gasteiger partial charge in [-0.1, -0.05) is 29.8 Å². The summed E-state index contributed by atoms with van der Waals surface area (Å²) < 4.78 is 33.6. The Morgan fingerprint density at radius 1 is 1.13 bits per heavy atom. The molecule has 0 bridgehead atoms. The summed E-state index contributed by atoms with van der Waals surface area (Å²) in [6.45, 7) is 2.16. The number of rotatable bonds is 4. The highest BCUT2D eigenvalue weighted by Gasteiger charge is 2.16. The van der Waals surface area contributed by atoms with Gasteiger partial charge in [0, 0.05) is 19.7 Å². The van der Waals surface area contributed by atoms with Gasteiger partial charge in [-0.15, -0.1) is 0 Å². The Bertz CT molecular complexity index is 1010. The maximum absolute atomic E-state index is 12.4. The molecular weight excluding hydrogens is 316 g/mol. The minimum Gasteiger partial charge on any atom is -0.408 e. The van der Waals surface area contributed by atoms with Gasteiger partial charge in [0.25, 0.3) is 0 Å². The van der Waals surface area contributed by atoms with Crippen molar-refractivity contribution in [3.63, 3.8) is 0 Å². The molecule has 7 heteroatoms. The zero-order valence-corrected chi connectivity index (χ0v) is 13.6. The van der Waals surface area contributed by atoms with E-state index in [4.69, 9.17) is 4.42 Å². The Labute approximate surface area is 133 Å². The average molecular weight is 332 g/mol. The van der Waals surface area contributed by atoms with E-state index in [0.29, 0.717) is 5.52 Å². The Morgan fingerprint density at radius 2 is 1.83 bits per heavy atom. The summed E-state index contributed by atoms with van der Waals surface area (Å²) in [6.07, 6.45) is 0. The maximum Gasteiger partial charge on any atom is 0.419 e. The summed E-state index contributed by atoms with van der Waals surface area (Å²) in [7, 11) is -2.12. The molecule has 0 radical (unpaired) electrons. The quantitative estimate of drug-likeness (QED) is 0.791. The van der Waals surface area contributed by atoms with Gasteiger partial charge in [-0.25, -0.2) is 17.9 Å². The van der Waals surface area contributed by atoms with E-state index in [9.17, 15) is 13.2 Å². The first kappa shape index (κ1) is 15.5. The van der Waals surface area contributed by atoms with Gasteiger partial charge in [0.2, 0.25) is 10.0 Å². The van der Waals surface area contributed by atoms with E-state index in [-0.39, 0.29) is 17.0 Å². The van der Waals surface area contributed by atoms with Gasteiger partial charge in [-0.3, -0.25) is 4.57 Å². The van der Waals surface area contributed by atoms with E-state index < -0.39 is 15.8 Å². The summed E-state index contributed by atoms with van der Waals surface area (Å²) in [5, 5.41) is 0. The molecule has 0 aliphatic heterocycles. The van der Waals surface area contributed by atoms with Crippen LogP contribution in [0.1, 0.15) is 11.1 Å². The molecule has 3 aromatic rings. The van der Waals surface area contributed by atoms with Gasteiger partial charge < -0.3 is 4.42 Å². The lowest BCUT2D eigenvalue weighted by Gasteiger charge is -2.07. The monoisotopic (exact) mass is 332 g/mol. The summed E-state index contributed by atoms with van der Waals surface area (Å²) in [6, 6.07) is 12.0. The topological polar surface area (TPSA) is 81.3 Å². The second-order valence-corrected chi connectivity index (χ2v) is 7.13. The standard InChI is InChI=1S/C16H16N2O4S/c1-11-3-5-12(6-4-11)10-17-23(20,21)13-7-8-14-15(9-13)22-16(19)18(14)2/h3-9,17H,10H2,1-2H3. The van der Waals surface area contributed by atoms with Crippen LogP contribution in [0.25, 0.3) is 11.1 Å². The van der Waals surface area contributed by atoms with E-state index in [1.807, 2.05) is 31.2 Å². The lowest BCUT2D eigenvalue weighted by molar-refractivity contribution is 0.527. The number of aryl methyl sites for hydroxylation is 2. The highest BCUT2D eigenvalue weighted by atomic mass is 32.2. The summed E-state index contributed by atoms with van der Waals surface area (Å²) >= 11 is 0. The molecular formula is C16H16N2O4S. The molecule has 0 spiro atoms. The molecule has 6 nitrogen and oxygen atoms in total. The maximum atomic E-state index is 12.4. The number of oxazole rings is 1. The molecule has 120 valence electrons. The lowest BCUT2D eigenvalue weighted by Crippen LogP contribution is -2.23. The zero-order chi connectivity index (χ0) is 16.6. The molecule has 2 aromatic carbocycles. The van der Waals surface area contributed by atoms with Gasteiger partial charge in [0.15, 0.2) is 5.58 Å². The number of nitrogens with one attached hydrogen (secondary N) is 1. The zero-order valence-electron chi connectivity index (χ0n) is 12.7. The van der Waals surface area contributed by atoms with Crippen LogP contribution in [0.3, 0.4) is 0 Å². The van der Waals surface area contributed by atoms with Crippen LogP contribution in [0.5, 0.6) is 0 Å². The second-order valence-electron chi connectivity index (χ2n) is 5.37. The van der Waals surface area contributed by atoms with E-state index in [1.165, 1.54) is 16.7 Å². The highest BCUT2D eigenvalue weighted by molar-refractivity contribution is 7.89. The van der Waals surface area contributed by atoms with Crippen molar-refractivity contribution in [1.82, 2.24) is 9.29 Å². The van der Waals surface area contributed by atoms with E-state index >= 15 is 0 Å². The Morgan fingerprint density at radius 3 is 2.52 bits per heavy atom. The molecule has 0 atom stereocenters. The molecule has 23 heavy (non-hydrogen) atoms. The normalized spacial score (nSPS) is 11.9. The number of fused-ring (bicyclic) bond motifs is 1. The first-order chi connectivity index (χ1) is 10.9. The largest absolute Gasteiger partial charge is 0.419 e. The summed E-state index contributed by atoms with van der Waals surface area (Å²) in [4.78, 5) is 11.5. The van der Waals surface area contributed by atoms with Crippen molar-refractivity contribution in [2.45, 2.75) is 18.4 Å². The van der Waals surface area contributed by atoms with Crippen LogP contribution in [-0.2, 0) is 23.6 Å². The molecule has 3 rings (SSSR count). The minimum absolute atomic E-state index is 0.0615. The molecule has 0 aliphatic carbocycles. The predicted octanol–water partition coefficient (Wildman–Crippen LogP) is 1.92. The number of aromatic nitrogens is 1. The van der Waals surface area contributed by atoms with Crippen LogP contribution in [0.2, 0.25) is 0 Å². The third-order valence-electron chi connectivity index (χ3n) is 3.66. The summed E-state index contributed by atoms with van der Waals surface area (Å²) in [5.41, 5.74) is 2.77. The molecule has 1 heterocycles. The van der Waals surface area contributed by atoms with E-state index in [1.54, 1.807) is 13.1 Å². The Balaban J connectivity index is 1.87. The van der Waals surface area contributed by atoms with Crippen molar-refractivity contribution < 1.29 is 12.8 Å². The molecule has 0 aliphatic rings. The molecule has 1 N–H and O–H groups in total. The van der Waals surface area contributed by atoms with Crippen molar-refractivity contribution in [3.8, 4) is 0 Å². The van der Waals surface area contributed by atoms with Gasteiger partial charge >= 0.3 is 5.76 Å². The SMILES string of the molecule is Cc1ccc(CNS(=O)(=O)c2ccc3c(c2)oc(=O)n3C)cc1. The van der Waals surface area contributed by atoms with Crippen molar-refractivity contribution in [1.29, 1.82) is 0 Å². The van der Waals surface area contributed by atoms with Gasteiger partial charge in [0.05, 0.1) is 10.4 Å². The van der Waals surface area contributed by atoms with E-state index in [2.05, 4.69) is 4.72 Å². The van der Waals surface area contributed by atoms with Gasteiger partial charge in [0.1, 0.15) is 0 Å². The van der Waals surface area contributed by atoms with Crippen molar-refractivity contribution >= 4 is 21.1 Å². The molecule has 0 amide bonds. The third kappa shape index (κ3) is 3.06. The fourth-order valence-corrected chi connectivity index (χ4v) is 3.28. The number of sulfonamides is 1. The second kappa shape index (κ2) is 5.68. The number of hydrogen-bond donors (Lipinski definition) is 1. The molecule has 1 aromatic heterocycles. The number of nitrogens with zero attached hydrogens (tertiary/aromatic N) is 1. The smallest absolute Gasteiger partial charge is 0.408 e. The Hall–Kier alpha value is -2.38. The van der Waals surface area contributed by atoms with Crippen molar-refractivity contribution in [3.05, 3.63) is 64.1 Å². The first-order valence-corrected chi connectivity index (χ1v) is 8.50. The number of hydrogen-bond acceptors (Lipinski definition) is 4. The van der Waals surface area contributed by atoms with E-state index in [0.717, 1.165) is 11.1 Å². The first-order valence-electron chi connectivity index (χ1n) is 7.01. The average Bonchev–Trinajstić information content (AvgIpc) is 2.81.